The van der Waals surface area contributed by atoms with Crippen LogP contribution in [-0.2, 0) is 4.79 Å². The SMILES string of the molecule is Cc1cc(C)c(-c2cnc(N[C@@H]3CCCN(CC(=O)NC(C)CO)C3)nn2)c(O)c1. The largest absolute Gasteiger partial charge is 0.507 e. The van der Waals surface area contributed by atoms with Gasteiger partial charge in [0.15, 0.2) is 0 Å². The number of nitrogens with one attached hydrogen (secondary N) is 2. The van der Waals surface area contributed by atoms with Crippen molar-refractivity contribution in [1.29, 1.82) is 0 Å². The van der Waals surface area contributed by atoms with E-state index in [1.54, 1.807) is 19.2 Å². The monoisotopic (exact) mass is 414 g/mol. The zero-order valence-electron chi connectivity index (χ0n) is 17.7. The van der Waals surface area contributed by atoms with Crippen molar-refractivity contribution in [3.8, 4) is 17.0 Å². The van der Waals surface area contributed by atoms with Gasteiger partial charge >= 0.3 is 0 Å². The predicted molar refractivity (Wildman–Crippen MR) is 114 cm³/mol. The Kier molecular flexibility index (Phi) is 7.17. The normalized spacial score (nSPS) is 18.1. The summed E-state index contributed by atoms with van der Waals surface area (Å²) < 4.78 is 0. The number of anilines is 1. The Morgan fingerprint density at radius 3 is 2.80 bits per heavy atom. The molecule has 1 aliphatic heterocycles. The quantitative estimate of drug-likeness (QED) is 0.534. The molecule has 0 saturated carbocycles. The van der Waals surface area contributed by atoms with Crippen LogP contribution in [0.5, 0.6) is 5.75 Å². The van der Waals surface area contributed by atoms with Crippen molar-refractivity contribution in [2.45, 2.75) is 45.7 Å². The molecular weight excluding hydrogens is 384 g/mol. The van der Waals surface area contributed by atoms with Gasteiger partial charge in [0.2, 0.25) is 11.9 Å². The second-order valence-electron chi connectivity index (χ2n) is 8.01. The van der Waals surface area contributed by atoms with Crippen LogP contribution in [-0.4, -0.2) is 74.5 Å². The fraction of sp³-hybridized carbons (Fsp3) is 0.524. The number of hydrogen-bond donors (Lipinski definition) is 4. The third-order valence-electron chi connectivity index (χ3n) is 5.16. The second kappa shape index (κ2) is 9.82. The molecule has 1 aliphatic rings. The summed E-state index contributed by atoms with van der Waals surface area (Å²) in [5.74, 6) is 0.502. The van der Waals surface area contributed by atoms with Crippen LogP contribution in [0.1, 0.15) is 30.9 Å². The topological polar surface area (TPSA) is 124 Å². The highest BCUT2D eigenvalue weighted by Crippen LogP contribution is 2.31. The Hall–Kier alpha value is -2.78. The number of carbonyl (C=O) groups is 1. The number of aromatic hydroxyl groups is 1. The number of aryl methyl sites for hydroxylation is 2. The van der Waals surface area contributed by atoms with Crippen LogP contribution in [0.25, 0.3) is 11.3 Å². The Balaban J connectivity index is 1.60. The summed E-state index contributed by atoms with van der Waals surface area (Å²) in [6.07, 6.45) is 3.52. The molecule has 1 saturated heterocycles. The lowest BCUT2D eigenvalue weighted by atomic mass is 10.0. The third kappa shape index (κ3) is 5.64. The van der Waals surface area contributed by atoms with Crippen molar-refractivity contribution in [3.05, 3.63) is 29.5 Å². The lowest BCUT2D eigenvalue weighted by Crippen LogP contribution is -2.48. The minimum atomic E-state index is -0.245. The standard InChI is InChI=1S/C21H30N6O3/c1-13-7-14(2)20(18(29)8-13)17-9-22-21(26-25-17)24-16-5-4-6-27(10-16)11-19(30)23-15(3)12-28/h7-9,15-16,28-29H,4-6,10-12H2,1-3H3,(H,23,30)(H,22,24,26)/t15?,16-/m1/s1. The van der Waals surface area contributed by atoms with Crippen LogP contribution >= 0.6 is 0 Å². The Morgan fingerprint density at radius 2 is 2.13 bits per heavy atom. The number of nitrogens with zero attached hydrogens (tertiary/aromatic N) is 4. The summed E-state index contributed by atoms with van der Waals surface area (Å²) in [6, 6.07) is 3.55. The molecule has 3 rings (SSSR count). The maximum absolute atomic E-state index is 12.1. The van der Waals surface area contributed by atoms with Crippen LogP contribution < -0.4 is 10.6 Å². The van der Waals surface area contributed by atoms with E-state index in [4.69, 9.17) is 5.11 Å². The van der Waals surface area contributed by atoms with Gasteiger partial charge < -0.3 is 20.8 Å². The van der Waals surface area contributed by atoms with Gasteiger partial charge in [-0.3, -0.25) is 9.69 Å². The first-order valence-corrected chi connectivity index (χ1v) is 10.2. The molecule has 0 bridgehead atoms. The minimum absolute atomic E-state index is 0.0733. The molecule has 1 aromatic heterocycles. The maximum Gasteiger partial charge on any atom is 0.242 e. The first-order chi connectivity index (χ1) is 14.4. The molecule has 2 aromatic rings. The number of phenolic OH excluding ortho intramolecular Hbond substituents is 1. The molecule has 30 heavy (non-hydrogen) atoms. The van der Waals surface area contributed by atoms with Gasteiger partial charge in [-0.25, -0.2) is 4.98 Å². The molecule has 2 atom stereocenters. The molecule has 1 aromatic carbocycles. The molecule has 2 heterocycles. The van der Waals surface area contributed by atoms with E-state index in [0.29, 0.717) is 30.3 Å². The molecule has 0 aliphatic carbocycles. The van der Waals surface area contributed by atoms with E-state index in [9.17, 15) is 9.90 Å². The van der Waals surface area contributed by atoms with E-state index in [-0.39, 0.29) is 30.3 Å². The molecule has 1 fully saturated rings. The van der Waals surface area contributed by atoms with Crippen LogP contribution in [0, 0.1) is 13.8 Å². The Labute approximate surface area is 176 Å². The van der Waals surface area contributed by atoms with Gasteiger partial charge in [0.05, 0.1) is 19.3 Å². The first-order valence-electron chi connectivity index (χ1n) is 10.2. The lowest BCUT2D eigenvalue weighted by Gasteiger charge is -2.32. The number of carbonyl (C=O) groups excluding carboxylic acids is 1. The molecule has 162 valence electrons. The van der Waals surface area contributed by atoms with Gasteiger partial charge in [0, 0.05) is 24.2 Å². The van der Waals surface area contributed by atoms with Crippen molar-refractivity contribution in [2.24, 2.45) is 0 Å². The lowest BCUT2D eigenvalue weighted by molar-refractivity contribution is -0.123. The highest BCUT2D eigenvalue weighted by molar-refractivity contribution is 5.78. The van der Waals surface area contributed by atoms with Crippen LogP contribution in [0.2, 0.25) is 0 Å². The van der Waals surface area contributed by atoms with E-state index in [0.717, 1.165) is 30.5 Å². The van der Waals surface area contributed by atoms with Gasteiger partial charge in [0.1, 0.15) is 11.4 Å². The van der Waals surface area contributed by atoms with Crippen molar-refractivity contribution >= 4 is 11.9 Å². The molecule has 9 nitrogen and oxygen atoms in total. The summed E-state index contributed by atoms with van der Waals surface area (Å²) in [4.78, 5) is 18.5. The predicted octanol–water partition coefficient (Wildman–Crippen LogP) is 1.23. The van der Waals surface area contributed by atoms with Crippen molar-refractivity contribution in [1.82, 2.24) is 25.4 Å². The van der Waals surface area contributed by atoms with Gasteiger partial charge in [-0.15, -0.1) is 10.2 Å². The maximum atomic E-state index is 12.1. The molecule has 1 unspecified atom stereocenters. The summed E-state index contributed by atoms with van der Waals surface area (Å²) in [5, 5.41) is 33.8. The third-order valence-corrected chi connectivity index (χ3v) is 5.16. The number of aliphatic hydroxyl groups is 1. The molecule has 0 spiro atoms. The fourth-order valence-corrected chi connectivity index (χ4v) is 3.80. The van der Waals surface area contributed by atoms with E-state index < -0.39 is 0 Å². The average Bonchev–Trinajstić information content (AvgIpc) is 2.68. The minimum Gasteiger partial charge on any atom is -0.507 e. The smallest absolute Gasteiger partial charge is 0.242 e. The summed E-state index contributed by atoms with van der Waals surface area (Å²) in [6.45, 7) is 7.39. The van der Waals surface area contributed by atoms with Crippen molar-refractivity contribution in [2.75, 3.05) is 31.6 Å². The van der Waals surface area contributed by atoms with Crippen LogP contribution in [0.3, 0.4) is 0 Å². The molecule has 0 radical (unpaired) electrons. The highest BCUT2D eigenvalue weighted by Gasteiger charge is 2.23. The number of likely N-dealkylation sites (tertiary alicyclic amines) is 1. The molecule has 1 amide bonds. The number of piperidine rings is 1. The van der Waals surface area contributed by atoms with E-state index in [1.807, 2.05) is 19.9 Å². The highest BCUT2D eigenvalue weighted by atomic mass is 16.3. The van der Waals surface area contributed by atoms with Crippen molar-refractivity contribution in [3.63, 3.8) is 0 Å². The first kappa shape index (κ1) is 21.9. The summed E-state index contributed by atoms with van der Waals surface area (Å²) in [5.41, 5.74) is 3.06. The summed E-state index contributed by atoms with van der Waals surface area (Å²) >= 11 is 0. The molecule has 9 heteroatoms. The van der Waals surface area contributed by atoms with E-state index >= 15 is 0 Å². The number of rotatable bonds is 7. The van der Waals surface area contributed by atoms with Gasteiger partial charge in [0.25, 0.3) is 0 Å². The zero-order chi connectivity index (χ0) is 21.7. The van der Waals surface area contributed by atoms with E-state index in [2.05, 4.69) is 30.7 Å². The number of hydrogen-bond acceptors (Lipinski definition) is 8. The Morgan fingerprint density at radius 1 is 1.33 bits per heavy atom. The number of aliphatic hydroxyl groups excluding tert-OH is 1. The number of benzene rings is 1. The van der Waals surface area contributed by atoms with Crippen LogP contribution in [0.4, 0.5) is 5.95 Å². The Bertz CT molecular complexity index is 851. The average molecular weight is 415 g/mol. The number of aromatic nitrogens is 3. The summed E-state index contributed by atoms with van der Waals surface area (Å²) in [7, 11) is 0. The number of amides is 1. The zero-order valence-corrected chi connectivity index (χ0v) is 17.7. The van der Waals surface area contributed by atoms with E-state index in [1.165, 1.54) is 0 Å². The second-order valence-corrected chi connectivity index (χ2v) is 8.01. The van der Waals surface area contributed by atoms with Gasteiger partial charge in [-0.2, -0.15) is 0 Å². The van der Waals surface area contributed by atoms with Crippen molar-refractivity contribution < 1.29 is 15.0 Å². The van der Waals surface area contributed by atoms with Crippen LogP contribution in [0.15, 0.2) is 18.3 Å². The molecular formula is C21H30N6O3. The fourth-order valence-electron chi connectivity index (χ4n) is 3.80. The van der Waals surface area contributed by atoms with Gasteiger partial charge in [-0.05, 0) is 57.4 Å². The van der Waals surface area contributed by atoms with Gasteiger partial charge in [-0.1, -0.05) is 6.07 Å². The number of phenols is 1. The molecule has 4 N–H and O–H groups in total.